The van der Waals surface area contributed by atoms with Crippen molar-refractivity contribution in [2.45, 2.75) is 18.9 Å². The Morgan fingerprint density at radius 1 is 1.05 bits per heavy atom. The Bertz CT molecular complexity index is 611. The van der Waals surface area contributed by atoms with Gasteiger partial charge in [-0.15, -0.1) is 0 Å². The van der Waals surface area contributed by atoms with Gasteiger partial charge in [-0.1, -0.05) is 53.2 Å². The minimum absolute atomic E-state index is 0.0585. The minimum Gasteiger partial charge on any atom is -0.373 e. The van der Waals surface area contributed by atoms with E-state index in [0.29, 0.717) is 0 Å². The summed E-state index contributed by atoms with van der Waals surface area (Å²) in [5, 5.41) is 3.37. The van der Waals surface area contributed by atoms with E-state index in [-0.39, 0.29) is 17.9 Å². The molecule has 0 heterocycles. The molecule has 3 nitrogen and oxygen atoms in total. The van der Waals surface area contributed by atoms with Crippen LogP contribution in [0, 0.1) is 0 Å². The van der Waals surface area contributed by atoms with Gasteiger partial charge in [-0.05, 0) is 29.8 Å². The summed E-state index contributed by atoms with van der Waals surface area (Å²) in [6, 6.07) is 17.7. The third-order valence-corrected chi connectivity index (χ3v) is 4.23. The Hall–Kier alpha value is -1.81. The van der Waals surface area contributed by atoms with Gasteiger partial charge in [0.25, 0.3) is 0 Å². The van der Waals surface area contributed by atoms with Crippen LogP contribution in [0.25, 0.3) is 0 Å². The van der Waals surface area contributed by atoms with Gasteiger partial charge in [-0.2, -0.15) is 0 Å². The molecule has 0 radical (unpaired) electrons. The molecule has 0 aliphatic rings. The number of carbonyl (C=O) groups is 1. The average Bonchev–Trinajstić information content (AvgIpc) is 2.53. The Balaban J connectivity index is 2.27. The van der Waals surface area contributed by atoms with Crippen molar-refractivity contribution in [1.29, 1.82) is 0 Å². The largest absolute Gasteiger partial charge is 0.373 e. The third kappa shape index (κ3) is 4.10. The maximum Gasteiger partial charge on any atom is 0.245 e. The molecule has 1 N–H and O–H groups in total. The van der Waals surface area contributed by atoms with Gasteiger partial charge in [0.2, 0.25) is 5.91 Å². The first-order valence-electron chi connectivity index (χ1n) is 7.27. The summed E-state index contributed by atoms with van der Waals surface area (Å²) < 4.78 is 1.04. The van der Waals surface area contributed by atoms with E-state index in [9.17, 15) is 4.79 Å². The van der Waals surface area contributed by atoms with Gasteiger partial charge in [-0.3, -0.25) is 4.79 Å². The summed E-state index contributed by atoms with van der Waals surface area (Å²) in [5.41, 5.74) is 2.08. The number of nitrogens with one attached hydrogen (secondary N) is 1. The van der Waals surface area contributed by atoms with Crippen LogP contribution >= 0.6 is 15.9 Å². The number of para-hydroxylation sites is 1. The summed E-state index contributed by atoms with van der Waals surface area (Å²) in [5.74, 6) is 0.127. The van der Waals surface area contributed by atoms with Crippen LogP contribution in [0.15, 0.2) is 59.1 Å². The fraction of sp³-hybridized carbons (Fsp3) is 0.278. The van der Waals surface area contributed by atoms with E-state index in [1.807, 2.05) is 42.5 Å². The zero-order chi connectivity index (χ0) is 16.1. The highest BCUT2D eigenvalue weighted by Gasteiger charge is 2.27. The minimum atomic E-state index is -0.307. The van der Waals surface area contributed by atoms with E-state index in [1.54, 1.807) is 19.0 Å². The predicted octanol–water partition coefficient (Wildman–Crippen LogP) is 4.12. The zero-order valence-electron chi connectivity index (χ0n) is 13.1. The molecule has 0 fully saturated rings. The Kier molecular flexibility index (Phi) is 5.61. The molecule has 2 aromatic rings. The van der Waals surface area contributed by atoms with Gasteiger partial charge < -0.3 is 10.2 Å². The lowest BCUT2D eigenvalue weighted by Crippen LogP contribution is -2.42. The number of hydrogen-bond donors (Lipinski definition) is 1. The van der Waals surface area contributed by atoms with Gasteiger partial charge in [-0.25, -0.2) is 0 Å². The van der Waals surface area contributed by atoms with Gasteiger partial charge >= 0.3 is 0 Å². The molecule has 0 spiro atoms. The Labute approximate surface area is 140 Å². The van der Waals surface area contributed by atoms with Crippen molar-refractivity contribution in [2.75, 3.05) is 19.4 Å². The van der Waals surface area contributed by atoms with E-state index in [1.165, 1.54) is 0 Å². The predicted molar refractivity (Wildman–Crippen MR) is 95.1 cm³/mol. The first-order chi connectivity index (χ1) is 10.5. The molecule has 0 aliphatic heterocycles. The van der Waals surface area contributed by atoms with Crippen LogP contribution in [0.5, 0.6) is 0 Å². The number of likely N-dealkylation sites (N-methyl/N-ethyl adjacent to an activating group) is 1. The number of rotatable bonds is 5. The molecular formula is C18H21BrN2O. The van der Waals surface area contributed by atoms with Crippen LogP contribution in [0.1, 0.15) is 18.4 Å². The third-order valence-electron chi connectivity index (χ3n) is 3.70. The first-order valence-corrected chi connectivity index (χ1v) is 8.06. The van der Waals surface area contributed by atoms with E-state index < -0.39 is 0 Å². The smallest absolute Gasteiger partial charge is 0.245 e. The van der Waals surface area contributed by atoms with Crippen LogP contribution in [0.3, 0.4) is 0 Å². The summed E-state index contributed by atoms with van der Waals surface area (Å²) in [6.07, 6.45) is 0. The SMILES string of the molecule is C[C@@H](c1ccc(Br)cc1)[C@H](Nc1ccccc1)C(=O)N(C)C. The van der Waals surface area contributed by atoms with Crippen LogP contribution in [-0.2, 0) is 4.79 Å². The number of carbonyl (C=O) groups excluding carboxylic acids is 1. The second-order valence-corrected chi connectivity index (χ2v) is 6.48. The molecular weight excluding hydrogens is 340 g/mol. The molecule has 22 heavy (non-hydrogen) atoms. The van der Waals surface area contributed by atoms with Crippen molar-refractivity contribution < 1.29 is 4.79 Å². The van der Waals surface area contributed by atoms with Crippen molar-refractivity contribution in [1.82, 2.24) is 4.90 Å². The fourth-order valence-corrected chi connectivity index (χ4v) is 2.62. The van der Waals surface area contributed by atoms with Crippen molar-refractivity contribution in [3.05, 3.63) is 64.6 Å². The second-order valence-electron chi connectivity index (χ2n) is 5.56. The van der Waals surface area contributed by atoms with Crippen LogP contribution in [0.2, 0.25) is 0 Å². The maximum atomic E-state index is 12.6. The molecule has 2 atom stereocenters. The molecule has 116 valence electrons. The fourth-order valence-electron chi connectivity index (χ4n) is 2.35. The van der Waals surface area contributed by atoms with Crippen LogP contribution in [0.4, 0.5) is 5.69 Å². The summed E-state index contributed by atoms with van der Waals surface area (Å²) in [4.78, 5) is 14.2. The molecule has 2 rings (SSSR count). The highest BCUT2D eigenvalue weighted by Crippen LogP contribution is 2.25. The number of amides is 1. The van der Waals surface area contributed by atoms with Crippen LogP contribution in [-0.4, -0.2) is 30.9 Å². The molecule has 0 saturated heterocycles. The zero-order valence-corrected chi connectivity index (χ0v) is 14.7. The van der Waals surface area contributed by atoms with Crippen molar-refractivity contribution in [2.24, 2.45) is 0 Å². The monoisotopic (exact) mass is 360 g/mol. The number of benzene rings is 2. The van der Waals surface area contributed by atoms with Crippen molar-refractivity contribution in [3.63, 3.8) is 0 Å². The number of anilines is 1. The molecule has 0 bridgehead atoms. The van der Waals surface area contributed by atoms with E-state index >= 15 is 0 Å². The van der Waals surface area contributed by atoms with Gasteiger partial charge in [0, 0.05) is 30.2 Å². The van der Waals surface area contributed by atoms with Gasteiger partial charge in [0.15, 0.2) is 0 Å². The summed E-state index contributed by atoms with van der Waals surface area (Å²) in [6.45, 7) is 2.07. The molecule has 0 unspecified atom stereocenters. The van der Waals surface area contributed by atoms with E-state index in [4.69, 9.17) is 0 Å². The van der Waals surface area contributed by atoms with Crippen molar-refractivity contribution >= 4 is 27.5 Å². The first kappa shape index (κ1) is 16.6. The van der Waals surface area contributed by atoms with E-state index in [0.717, 1.165) is 15.7 Å². The normalized spacial score (nSPS) is 13.3. The molecule has 4 heteroatoms. The highest BCUT2D eigenvalue weighted by molar-refractivity contribution is 9.10. The molecule has 0 saturated carbocycles. The Morgan fingerprint density at radius 3 is 2.18 bits per heavy atom. The molecule has 0 aliphatic carbocycles. The topological polar surface area (TPSA) is 32.3 Å². The quantitative estimate of drug-likeness (QED) is 0.869. The molecule has 1 amide bonds. The van der Waals surface area contributed by atoms with Gasteiger partial charge in [0.05, 0.1) is 0 Å². The Morgan fingerprint density at radius 2 is 1.64 bits per heavy atom. The number of halogens is 1. The molecule has 0 aromatic heterocycles. The molecule has 2 aromatic carbocycles. The van der Waals surface area contributed by atoms with Gasteiger partial charge in [0.1, 0.15) is 6.04 Å². The highest BCUT2D eigenvalue weighted by atomic mass is 79.9. The average molecular weight is 361 g/mol. The standard InChI is InChI=1S/C18H21BrN2O/c1-13(14-9-11-15(19)12-10-14)17(18(22)21(2)3)20-16-7-5-4-6-8-16/h4-13,17,20H,1-3H3/t13-,17-/m0/s1. The number of hydrogen-bond acceptors (Lipinski definition) is 2. The maximum absolute atomic E-state index is 12.6. The van der Waals surface area contributed by atoms with Crippen LogP contribution < -0.4 is 5.32 Å². The lowest BCUT2D eigenvalue weighted by molar-refractivity contribution is -0.129. The van der Waals surface area contributed by atoms with E-state index in [2.05, 4.69) is 40.3 Å². The summed E-state index contributed by atoms with van der Waals surface area (Å²) >= 11 is 3.45. The number of nitrogens with zero attached hydrogens (tertiary/aromatic N) is 1. The lowest BCUT2D eigenvalue weighted by Gasteiger charge is -2.28. The van der Waals surface area contributed by atoms with Crippen molar-refractivity contribution in [3.8, 4) is 0 Å². The summed E-state index contributed by atoms with van der Waals surface area (Å²) in [7, 11) is 3.58. The lowest BCUT2D eigenvalue weighted by atomic mass is 9.92. The second kappa shape index (κ2) is 7.45.